The number of amides is 1. The minimum atomic E-state index is -3.85. The van der Waals surface area contributed by atoms with Gasteiger partial charge in [0, 0.05) is 12.2 Å². The van der Waals surface area contributed by atoms with Crippen LogP contribution < -0.4 is 10.0 Å². The number of benzene rings is 2. The number of hydrogen-bond donors (Lipinski definition) is 2. The molecule has 0 bridgehead atoms. The molecule has 0 atom stereocenters. The van der Waals surface area contributed by atoms with Gasteiger partial charge in [-0.05, 0) is 73.9 Å². The Labute approximate surface area is 183 Å². The van der Waals surface area contributed by atoms with Crippen molar-refractivity contribution in [1.82, 2.24) is 4.72 Å². The molecule has 0 spiro atoms. The van der Waals surface area contributed by atoms with Crippen molar-refractivity contribution in [2.24, 2.45) is 0 Å². The molecule has 0 radical (unpaired) electrons. The molecule has 0 heterocycles. The van der Waals surface area contributed by atoms with Gasteiger partial charge in [-0.25, -0.2) is 17.5 Å². The van der Waals surface area contributed by atoms with Gasteiger partial charge in [-0.1, -0.05) is 37.6 Å². The number of hydrogen-bond acceptors (Lipinski definition) is 3. The standard InChI is InChI=1S/C24H29FN2O3S/c1-17(2)19-8-10-20(11-9-19)27-24(28)22-16-21(12-13-23(22)25)31(29,30)26-15-14-18-6-4-3-5-7-18/h6,8-13,16-17,26H,3-5,7,14-15H2,1-2H3,(H,27,28). The highest BCUT2D eigenvalue weighted by Gasteiger charge is 2.20. The highest BCUT2D eigenvalue weighted by molar-refractivity contribution is 7.89. The average molecular weight is 445 g/mol. The van der Waals surface area contributed by atoms with E-state index in [9.17, 15) is 17.6 Å². The van der Waals surface area contributed by atoms with Crippen molar-refractivity contribution in [2.45, 2.75) is 56.8 Å². The highest BCUT2D eigenvalue weighted by Crippen LogP contribution is 2.21. The smallest absolute Gasteiger partial charge is 0.258 e. The summed E-state index contributed by atoms with van der Waals surface area (Å²) in [5.74, 6) is -1.12. The van der Waals surface area contributed by atoms with E-state index in [0.29, 0.717) is 18.0 Å². The van der Waals surface area contributed by atoms with Crippen LogP contribution in [-0.2, 0) is 10.0 Å². The monoisotopic (exact) mass is 444 g/mol. The van der Waals surface area contributed by atoms with Gasteiger partial charge in [0.2, 0.25) is 10.0 Å². The summed E-state index contributed by atoms with van der Waals surface area (Å²) in [6.07, 6.45) is 7.18. The number of anilines is 1. The molecule has 166 valence electrons. The molecular weight excluding hydrogens is 415 g/mol. The first-order valence-corrected chi connectivity index (χ1v) is 12.1. The molecule has 0 fully saturated rings. The van der Waals surface area contributed by atoms with Crippen molar-refractivity contribution in [1.29, 1.82) is 0 Å². The van der Waals surface area contributed by atoms with E-state index in [-0.39, 0.29) is 17.0 Å². The Morgan fingerprint density at radius 2 is 1.84 bits per heavy atom. The zero-order valence-electron chi connectivity index (χ0n) is 17.9. The molecule has 1 aliphatic rings. The van der Waals surface area contributed by atoms with Crippen LogP contribution in [0.5, 0.6) is 0 Å². The molecule has 0 aromatic heterocycles. The molecule has 3 rings (SSSR count). The summed E-state index contributed by atoms with van der Waals surface area (Å²) < 4.78 is 42.1. The number of rotatable bonds is 8. The number of halogens is 1. The van der Waals surface area contributed by atoms with Crippen LogP contribution in [0.2, 0.25) is 0 Å². The van der Waals surface area contributed by atoms with Crippen LogP contribution in [0.3, 0.4) is 0 Å². The Balaban J connectivity index is 1.69. The third-order valence-corrected chi connectivity index (χ3v) is 6.91. The fourth-order valence-electron chi connectivity index (χ4n) is 3.56. The van der Waals surface area contributed by atoms with Gasteiger partial charge in [0.25, 0.3) is 5.91 Å². The molecule has 7 heteroatoms. The summed E-state index contributed by atoms with van der Waals surface area (Å²) in [6.45, 7) is 4.40. The number of carbonyl (C=O) groups excluding carboxylic acids is 1. The minimum Gasteiger partial charge on any atom is -0.322 e. The van der Waals surface area contributed by atoms with Crippen LogP contribution in [0.1, 0.15) is 67.8 Å². The molecule has 31 heavy (non-hydrogen) atoms. The van der Waals surface area contributed by atoms with Gasteiger partial charge in [-0.3, -0.25) is 4.79 Å². The number of nitrogens with one attached hydrogen (secondary N) is 2. The maximum absolute atomic E-state index is 14.3. The fraction of sp³-hybridized carbons (Fsp3) is 0.375. The first-order valence-electron chi connectivity index (χ1n) is 10.6. The lowest BCUT2D eigenvalue weighted by Crippen LogP contribution is -2.26. The fourth-order valence-corrected chi connectivity index (χ4v) is 4.61. The van der Waals surface area contributed by atoms with E-state index in [0.717, 1.165) is 37.0 Å². The molecule has 1 amide bonds. The molecule has 0 unspecified atom stereocenters. The van der Waals surface area contributed by atoms with Crippen molar-refractivity contribution in [3.05, 3.63) is 71.1 Å². The maximum atomic E-state index is 14.3. The topological polar surface area (TPSA) is 75.3 Å². The maximum Gasteiger partial charge on any atom is 0.258 e. The molecule has 0 saturated heterocycles. The van der Waals surface area contributed by atoms with Gasteiger partial charge in [0.1, 0.15) is 5.82 Å². The Morgan fingerprint density at radius 1 is 1.10 bits per heavy atom. The largest absolute Gasteiger partial charge is 0.322 e. The van der Waals surface area contributed by atoms with Crippen molar-refractivity contribution in [3.8, 4) is 0 Å². The summed E-state index contributed by atoms with van der Waals surface area (Å²) in [5.41, 5.74) is 2.58. The zero-order chi connectivity index (χ0) is 22.4. The third kappa shape index (κ3) is 6.24. The van der Waals surface area contributed by atoms with Crippen LogP contribution in [-0.4, -0.2) is 20.9 Å². The van der Waals surface area contributed by atoms with E-state index in [1.165, 1.54) is 18.1 Å². The third-order valence-electron chi connectivity index (χ3n) is 5.45. The van der Waals surface area contributed by atoms with Gasteiger partial charge in [-0.2, -0.15) is 0 Å². The molecule has 2 N–H and O–H groups in total. The van der Waals surface area contributed by atoms with Crippen LogP contribution >= 0.6 is 0 Å². The van der Waals surface area contributed by atoms with Gasteiger partial charge in [0.05, 0.1) is 10.5 Å². The van der Waals surface area contributed by atoms with E-state index >= 15 is 0 Å². The van der Waals surface area contributed by atoms with Crippen molar-refractivity contribution >= 4 is 21.6 Å². The Bertz CT molecular complexity index is 1060. The van der Waals surface area contributed by atoms with E-state index in [1.807, 2.05) is 12.1 Å². The van der Waals surface area contributed by atoms with Crippen molar-refractivity contribution in [3.63, 3.8) is 0 Å². The second-order valence-electron chi connectivity index (χ2n) is 8.13. The molecular formula is C24H29FN2O3S. The van der Waals surface area contributed by atoms with E-state index in [2.05, 4.69) is 30.0 Å². The van der Waals surface area contributed by atoms with Gasteiger partial charge < -0.3 is 5.32 Å². The predicted molar refractivity (Wildman–Crippen MR) is 121 cm³/mol. The summed E-state index contributed by atoms with van der Waals surface area (Å²) >= 11 is 0. The number of carbonyl (C=O) groups is 1. The first-order chi connectivity index (χ1) is 14.8. The lowest BCUT2D eigenvalue weighted by molar-refractivity contribution is 0.102. The molecule has 5 nitrogen and oxygen atoms in total. The van der Waals surface area contributed by atoms with Crippen LogP contribution in [0, 0.1) is 5.82 Å². The predicted octanol–water partition coefficient (Wildman–Crippen LogP) is 5.37. The lowest BCUT2D eigenvalue weighted by Gasteiger charge is -2.13. The van der Waals surface area contributed by atoms with Crippen molar-refractivity contribution in [2.75, 3.05) is 11.9 Å². The highest BCUT2D eigenvalue weighted by atomic mass is 32.2. The van der Waals surface area contributed by atoms with Crippen LogP contribution in [0.4, 0.5) is 10.1 Å². The molecule has 0 saturated carbocycles. The molecule has 1 aliphatic carbocycles. The minimum absolute atomic E-state index is 0.133. The Kier molecular flexibility index (Phi) is 7.62. The van der Waals surface area contributed by atoms with Gasteiger partial charge in [-0.15, -0.1) is 0 Å². The Morgan fingerprint density at radius 3 is 2.48 bits per heavy atom. The molecule has 0 aliphatic heterocycles. The second kappa shape index (κ2) is 10.2. The van der Waals surface area contributed by atoms with Crippen LogP contribution in [0.25, 0.3) is 0 Å². The van der Waals surface area contributed by atoms with Gasteiger partial charge >= 0.3 is 0 Å². The normalized spacial score (nSPS) is 14.4. The SMILES string of the molecule is CC(C)c1ccc(NC(=O)c2cc(S(=O)(=O)NCCC3=CCCCC3)ccc2F)cc1. The quantitative estimate of drug-likeness (QED) is 0.538. The van der Waals surface area contributed by atoms with Crippen LogP contribution in [0.15, 0.2) is 59.0 Å². The van der Waals surface area contributed by atoms with Crippen molar-refractivity contribution < 1.29 is 17.6 Å². The lowest BCUT2D eigenvalue weighted by atomic mass is 9.97. The zero-order valence-corrected chi connectivity index (χ0v) is 18.8. The number of sulfonamides is 1. The van der Waals surface area contributed by atoms with E-state index in [1.54, 1.807) is 12.1 Å². The molecule has 2 aromatic carbocycles. The van der Waals surface area contributed by atoms with E-state index < -0.39 is 21.7 Å². The summed E-state index contributed by atoms with van der Waals surface area (Å²) in [7, 11) is -3.85. The molecule has 2 aromatic rings. The number of allylic oxidation sites excluding steroid dienone is 1. The Hall–Kier alpha value is -2.51. The summed E-state index contributed by atoms with van der Waals surface area (Å²) in [6, 6.07) is 10.5. The van der Waals surface area contributed by atoms with E-state index in [4.69, 9.17) is 0 Å². The first kappa shape index (κ1) is 23.2. The van der Waals surface area contributed by atoms with Gasteiger partial charge in [0.15, 0.2) is 0 Å². The summed E-state index contributed by atoms with van der Waals surface area (Å²) in [4.78, 5) is 12.4. The summed E-state index contributed by atoms with van der Waals surface area (Å²) in [5, 5.41) is 2.63. The average Bonchev–Trinajstić information content (AvgIpc) is 2.75. The second-order valence-corrected chi connectivity index (χ2v) is 9.90.